The summed E-state index contributed by atoms with van der Waals surface area (Å²) in [7, 11) is 1.65. The summed E-state index contributed by atoms with van der Waals surface area (Å²) in [5.41, 5.74) is 6.43. The molecule has 4 nitrogen and oxygen atoms in total. The van der Waals surface area contributed by atoms with Gasteiger partial charge in [-0.2, -0.15) is 0 Å². The molecule has 1 atom stereocenters. The minimum atomic E-state index is -0.122. The van der Waals surface area contributed by atoms with Crippen LogP contribution in [0.4, 0.5) is 0 Å². The summed E-state index contributed by atoms with van der Waals surface area (Å²) in [5, 5.41) is 2.95. The van der Waals surface area contributed by atoms with Crippen molar-refractivity contribution in [2.45, 2.75) is 26.3 Å². The zero-order chi connectivity index (χ0) is 13.5. The number of hydrogen-bond donors (Lipinski definition) is 2. The van der Waals surface area contributed by atoms with E-state index in [1.54, 1.807) is 7.11 Å². The first-order chi connectivity index (χ1) is 8.58. The molecule has 1 rings (SSSR count). The summed E-state index contributed by atoms with van der Waals surface area (Å²) in [6, 6.07) is 7.92. The van der Waals surface area contributed by atoms with Crippen molar-refractivity contribution in [3.63, 3.8) is 0 Å². The monoisotopic (exact) mass is 286 g/mol. The van der Waals surface area contributed by atoms with Gasteiger partial charge in [-0.15, -0.1) is 12.4 Å². The first kappa shape index (κ1) is 17.7. The molecule has 0 aliphatic rings. The summed E-state index contributed by atoms with van der Waals surface area (Å²) < 4.78 is 5.32. The summed E-state index contributed by atoms with van der Waals surface area (Å²) in [6.07, 6.45) is 0.743. The Morgan fingerprint density at radius 3 is 2.53 bits per heavy atom. The molecule has 1 unspecified atom stereocenters. The average Bonchev–Trinajstić information content (AvgIpc) is 2.38. The van der Waals surface area contributed by atoms with Gasteiger partial charge in [-0.25, -0.2) is 0 Å². The lowest BCUT2D eigenvalue weighted by Gasteiger charge is -2.23. The van der Waals surface area contributed by atoms with E-state index in [1.807, 2.05) is 24.3 Å². The lowest BCUT2D eigenvalue weighted by atomic mass is 9.96. The largest absolute Gasteiger partial charge is 0.496 e. The molecule has 3 N–H and O–H groups in total. The standard InChI is InChI=1S/C14H22N2O2.ClH/c1-10(2)12(16-14(17)9-15)8-11-6-4-5-7-13(11)18-3;/h4-7,10,12H,8-9,15H2,1-3H3,(H,16,17);1H. The fourth-order valence-corrected chi connectivity index (χ4v) is 1.83. The Morgan fingerprint density at radius 1 is 1.37 bits per heavy atom. The van der Waals surface area contributed by atoms with Crippen molar-refractivity contribution in [3.05, 3.63) is 29.8 Å². The molecule has 1 aromatic rings. The Hall–Kier alpha value is -1.26. The highest BCUT2D eigenvalue weighted by molar-refractivity contribution is 5.85. The van der Waals surface area contributed by atoms with Crippen molar-refractivity contribution in [2.75, 3.05) is 13.7 Å². The van der Waals surface area contributed by atoms with Crippen LogP contribution < -0.4 is 15.8 Å². The molecular formula is C14H23ClN2O2. The number of amides is 1. The van der Waals surface area contributed by atoms with Gasteiger partial charge < -0.3 is 15.8 Å². The van der Waals surface area contributed by atoms with Crippen molar-refractivity contribution >= 4 is 18.3 Å². The second kappa shape index (κ2) is 8.77. The number of carbonyl (C=O) groups excluding carboxylic acids is 1. The third-order valence-electron chi connectivity index (χ3n) is 2.97. The minimum Gasteiger partial charge on any atom is -0.496 e. The predicted octanol–water partition coefficient (Wildman–Crippen LogP) is 1.76. The van der Waals surface area contributed by atoms with Crippen LogP contribution in [0.25, 0.3) is 0 Å². The highest BCUT2D eigenvalue weighted by Crippen LogP contribution is 2.20. The van der Waals surface area contributed by atoms with Crippen LogP contribution in [0.2, 0.25) is 0 Å². The number of nitrogens with one attached hydrogen (secondary N) is 1. The Kier molecular flexibility index (Phi) is 8.19. The normalized spacial score (nSPS) is 11.6. The summed E-state index contributed by atoms with van der Waals surface area (Å²) in [6.45, 7) is 4.18. The van der Waals surface area contributed by atoms with E-state index in [-0.39, 0.29) is 30.9 Å². The smallest absolute Gasteiger partial charge is 0.233 e. The van der Waals surface area contributed by atoms with E-state index in [0.717, 1.165) is 17.7 Å². The average molecular weight is 287 g/mol. The Morgan fingerprint density at radius 2 is 2.00 bits per heavy atom. The summed E-state index contributed by atoms with van der Waals surface area (Å²) in [5.74, 6) is 1.07. The van der Waals surface area contributed by atoms with Gasteiger partial charge in [0, 0.05) is 6.04 Å². The molecule has 5 heteroatoms. The molecule has 0 saturated carbocycles. The second-order valence-electron chi connectivity index (χ2n) is 4.64. The highest BCUT2D eigenvalue weighted by atomic mass is 35.5. The Labute approximate surface area is 121 Å². The fourth-order valence-electron chi connectivity index (χ4n) is 1.83. The first-order valence-electron chi connectivity index (χ1n) is 6.19. The molecule has 19 heavy (non-hydrogen) atoms. The molecule has 1 amide bonds. The predicted molar refractivity (Wildman–Crippen MR) is 79.8 cm³/mol. The van der Waals surface area contributed by atoms with E-state index in [2.05, 4.69) is 19.2 Å². The maximum Gasteiger partial charge on any atom is 0.233 e. The SMILES string of the molecule is COc1ccccc1CC(NC(=O)CN)C(C)C.Cl. The molecule has 0 saturated heterocycles. The molecule has 0 heterocycles. The van der Waals surface area contributed by atoms with Crippen LogP contribution in [-0.4, -0.2) is 25.6 Å². The van der Waals surface area contributed by atoms with Crippen LogP contribution in [0.15, 0.2) is 24.3 Å². The number of halogens is 1. The number of nitrogens with two attached hydrogens (primary N) is 1. The molecule has 0 aromatic heterocycles. The molecule has 108 valence electrons. The zero-order valence-corrected chi connectivity index (χ0v) is 12.5. The van der Waals surface area contributed by atoms with Crippen LogP contribution in [0.3, 0.4) is 0 Å². The molecule has 0 bridgehead atoms. The van der Waals surface area contributed by atoms with Crippen LogP contribution in [0.5, 0.6) is 5.75 Å². The van der Waals surface area contributed by atoms with Crippen molar-refractivity contribution < 1.29 is 9.53 Å². The van der Waals surface area contributed by atoms with Crippen molar-refractivity contribution in [2.24, 2.45) is 11.7 Å². The maximum atomic E-state index is 11.4. The third kappa shape index (κ3) is 5.49. The van der Waals surface area contributed by atoms with E-state index in [9.17, 15) is 4.79 Å². The number of hydrogen-bond acceptors (Lipinski definition) is 3. The van der Waals surface area contributed by atoms with Crippen LogP contribution >= 0.6 is 12.4 Å². The molecule has 0 fully saturated rings. The van der Waals surface area contributed by atoms with Gasteiger partial charge in [0.25, 0.3) is 0 Å². The van der Waals surface area contributed by atoms with Crippen LogP contribution in [0, 0.1) is 5.92 Å². The molecule has 1 aromatic carbocycles. The van der Waals surface area contributed by atoms with Crippen molar-refractivity contribution in [3.8, 4) is 5.75 Å². The van der Waals surface area contributed by atoms with Crippen LogP contribution in [0.1, 0.15) is 19.4 Å². The van der Waals surface area contributed by atoms with E-state index in [4.69, 9.17) is 10.5 Å². The van der Waals surface area contributed by atoms with E-state index in [1.165, 1.54) is 0 Å². The second-order valence-corrected chi connectivity index (χ2v) is 4.64. The number of carbonyl (C=O) groups is 1. The molecular weight excluding hydrogens is 264 g/mol. The number of rotatable bonds is 6. The molecule has 0 radical (unpaired) electrons. The quantitative estimate of drug-likeness (QED) is 0.837. The van der Waals surface area contributed by atoms with Gasteiger partial charge in [-0.1, -0.05) is 32.0 Å². The van der Waals surface area contributed by atoms with E-state index >= 15 is 0 Å². The third-order valence-corrected chi connectivity index (χ3v) is 2.97. The first-order valence-corrected chi connectivity index (χ1v) is 6.19. The van der Waals surface area contributed by atoms with Gasteiger partial charge in [-0.3, -0.25) is 4.79 Å². The summed E-state index contributed by atoms with van der Waals surface area (Å²) in [4.78, 5) is 11.4. The number of methoxy groups -OCH3 is 1. The molecule has 0 spiro atoms. The Bertz CT molecular complexity index is 397. The minimum absolute atomic E-state index is 0. The number of benzene rings is 1. The van der Waals surface area contributed by atoms with Gasteiger partial charge >= 0.3 is 0 Å². The highest BCUT2D eigenvalue weighted by Gasteiger charge is 2.17. The van der Waals surface area contributed by atoms with Gasteiger partial charge in [0.1, 0.15) is 5.75 Å². The van der Waals surface area contributed by atoms with Gasteiger partial charge in [-0.05, 0) is 24.0 Å². The van der Waals surface area contributed by atoms with Gasteiger partial charge in [0.15, 0.2) is 0 Å². The lowest BCUT2D eigenvalue weighted by molar-refractivity contribution is -0.120. The van der Waals surface area contributed by atoms with Gasteiger partial charge in [0.2, 0.25) is 5.91 Å². The summed E-state index contributed by atoms with van der Waals surface area (Å²) >= 11 is 0. The van der Waals surface area contributed by atoms with Crippen molar-refractivity contribution in [1.29, 1.82) is 0 Å². The Balaban J connectivity index is 0.00000324. The fraction of sp³-hybridized carbons (Fsp3) is 0.500. The lowest BCUT2D eigenvalue weighted by Crippen LogP contribution is -2.43. The molecule has 0 aliphatic heterocycles. The van der Waals surface area contributed by atoms with E-state index < -0.39 is 0 Å². The van der Waals surface area contributed by atoms with Crippen LogP contribution in [-0.2, 0) is 11.2 Å². The maximum absolute atomic E-state index is 11.4. The van der Waals surface area contributed by atoms with Crippen molar-refractivity contribution in [1.82, 2.24) is 5.32 Å². The topological polar surface area (TPSA) is 64.3 Å². The van der Waals surface area contributed by atoms with Gasteiger partial charge in [0.05, 0.1) is 13.7 Å². The van der Waals surface area contributed by atoms with E-state index in [0.29, 0.717) is 5.92 Å². The zero-order valence-electron chi connectivity index (χ0n) is 11.7. The molecule has 0 aliphatic carbocycles. The number of para-hydroxylation sites is 1. The number of ether oxygens (including phenoxy) is 1.